The van der Waals surface area contributed by atoms with Gasteiger partial charge in [0.2, 0.25) is 17.7 Å². The standard InChI is InChI=1S/C46H26N6O3/c1-2-8-34-26-40-37(25-33(34)7-1)49-46(55-40)32-23-17-29(18-24-32)43-51-41(27-13-19-30(20-14-27)44-47-35-9-3-5-11-38(35)53-44)50-42(52-43)28-15-21-31(22-16-28)45-48-36-10-4-6-12-39(36)54-45/h1-26H. The topological polar surface area (TPSA) is 117 Å². The Labute approximate surface area is 312 Å². The lowest BCUT2D eigenvalue weighted by atomic mass is 10.1. The maximum absolute atomic E-state index is 6.20. The van der Waals surface area contributed by atoms with E-state index in [9.17, 15) is 0 Å². The lowest BCUT2D eigenvalue weighted by molar-refractivity contribution is 0.619. The average molecular weight is 711 g/mol. The Bertz CT molecular complexity index is 2950. The highest BCUT2D eigenvalue weighted by molar-refractivity contribution is 5.95. The van der Waals surface area contributed by atoms with Crippen molar-refractivity contribution in [3.05, 3.63) is 158 Å². The van der Waals surface area contributed by atoms with E-state index in [-0.39, 0.29) is 0 Å². The molecular formula is C46H26N6O3. The van der Waals surface area contributed by atoms with Crippen LogP contribution in [0.25, 0.3) is 113 Å². The van der Waals surface area contributed by atoms with Gasteiger partial charge in [0, 0.05) is 33.4 Å². The molecule has 4 heterocycles. The van der Waals surface area contributed by atoms with Crippen LogP contribution in [0.15, 0.2) is 171 Å². The molecule has 11 aromatic rings. The van der Waals surface area contributed by atoms with Gasteiger partial charge in [-0.15, -0.1) is 0 Å². The molecule has 0 saturated heterocycles. The van der Waals surface area contributed by atoms with E-state index >= 15 is 0 Å². The summed E-state index contributed by atoms with van der Waals surface area (Å²) in [6.45, 7) is 0. The quantitative estimate of drug-likeness (QED) is 0.166. The predicted molar refractivity (Wildman–Crippen MR) is 213 cm³/mol. The number of fused-ring (bicyclic) bond motifs is 4. The van der Waals surface area contributed by atoms with Crippen LogP contribution < -0.4 is 0 Å². The molecule has 0 aliphatic heterocycles. The van der Waals surface area contributed by atoms with E-state index in [4.69, 9.17) is 33.2 Å². The second kappa shape index (κ2) is 12.4. The number of benzene rings is 7. The average Bonchev–Trinajstić information content (AvgIpc) is 4.00. The molecule has 258 valence electrons. The van der Waals surface area contributed by atoms with Crippen molar-refractivity contribution >= 4 is 44.1 Å². The molecule has 0 fully saturated rings. The van der Waals surface area contributed by atoms with Gasteiger partial charge < -0.3 is 13.3 Å². The van der Waals surface area contributed by atoms with Gasteiger partial charge in [-0.2, -0.15) is 0 Å². The predicted octanol–water partition coefficient (Wildman–Crippen LogP) is 11.5. The van der Waals surface area contributed by atoms with Crippen molar-refractivity contribution in [1.82, 2.24) is 29.9 Å². The fourth-order valence-corrected chi connectivity index (χ4v) is 6.78. The lowest BCUT2D eigenvalue weighted by Crippen LogP contribution is -2.00. The van der Waals surface area contributed by atoms with E-state index in [1.54, 1.807) is 0 Å². The third kappa shape index (κ3) is 5.58. The number of hydrogen-bond donors (Lipinski definition) is 0. The Morgan fingerprint density at radius 3 is 1.05 bits per heavy atom. The summed E-state index contributed by atoms with van der Waals surface area (Å²) in [6.07, 6.45) is 0. The molecule has 7 aromatic carbocycles. The first-order chi connectivity index (χ1) is 27.2. The number of oxazole rings is 3. The van der Waals surface area contributed by atoms with E-state index in [0.29, 0.717) is 35.1 Å². The third-order valence-corrected chi connectivity index (χ3v) is 9.65. The lowest BCUT2D eigenvalue weighted by Gasteiger charge is -2.09. The van der Waals surface area contributed by atoms with Gasteiger partial charge >= 0.3 is 0 Å². The molecule has 0 bridgehead atoms. The van der Waals surface area contributed by atoms with Gasteiger partial charge in [-0.05, 0) is 83.6 Å². The van der Waals surface area contributed by atoms with Gasteiger partial charge in [-0.1, -0.05) is 84.9 Å². The number of rotatable bonds is 6. The van der Waals surface area contributed by atoms with E-state index in [1.807, 2.05) is 140 Å². The fourth-order valence-electron chi connectivity index (χ4n) is 6.78. The molecule has 0 aliphatic carbocycles. The molecule has 4 aromatic heterocycles. The normalized spacial score (nSPS) is 11.6. The Kier molecular flexibility index (Phi) is 6.96. The van der Waals surface area contributed by atoms with Crippen LogP contribution in [-0.4, -0.2) is 29.9 Å². The SMILES string of the molecule is c1ccc2cc3oc(-c4ccc(-c5nc(-c6ccc(-c7nc8ccccc8o7)cc6)nc(-c6ccc(-c7nc8ccccc8o7)cc6)n5)cc4)nc3cc2c1. The zero-order valence-electron chi connectivity index (χ0n) is 28.9. The largest absolute Gasteiger partial charge is 0.436 e. The van der Waals surface area contributed by atoms with E-state index in [1.165, 1.54) is 0 Å². The van der Waals surface area contributed by atoms with Crippen molar-refractivity contribution in [3.63, 3.8) is 0 Å². The van der Waals surface area contributed by atoms with Crippen LogP contribution in [0, 0.1) is 0 Å². The summed E-state index contributed by atoms with van der Waals surface area (Å²) in [5.41, 5.74) is 9.69. The Morgan fingerprint density at radius 1 is 0.273 bits per heavy atom. The van der Waals surface area contributed by atoms with Gasteiger partial charge in [0.1, 0.15) is 16.6 Å². The van der Waals surface area contributed by atoms with Crippen LogP contribution in [0.4, 0.5) is 0 Å². The molecule has 0 radical (unpaired) electrons. The number of hydrogen-bond acceptors (Lipinski definition) is 9. The van der Waals surface area contributed by atoms with Gasteiger partial charge in [-0.3, -0.25) is 0 Å². The molecule has 9 nitrogen and oxygen atoms in total. The fraction of sp³-hybridized carbons (Fsp3) is 0. The van der Waals surface area contributed by atoms with E-state index in [2.05, 4.69) is 28.2 Å². The Hall–Kier alpha value is -7.78. The molecule has 0 unspecified atom stereocenters. The molecule has 0 atom stereocenters. The smallest absolute Gasteiger partial charge is 0.227 e. The van der Waals surface area contributed by atoms with Crippen molar-refractivity contribution in [2.24, 2.45) is 0 Å². The zero-order chi connectivity index (χ0) is 36.3. The summed E-state index contributed by atoms with van der Waals surface area (Å²) in [7, 11) is 0. The molecule has 0 spiro atoms. The van der Waals surface area contributed by atoms with Crippen LogP contribution in [0.5, 0.6) is 0 Å². The van der Waals surface area contributed by atoms with Gasteiger partial charge in [0.15, 0.2) is 34.2 Å². The van der Waals surface area contributed by atoms with Crippen molar-refractivity contribution in [1.29, 1.82) is 0 Å². The summed E-state index contributed by atoms with van der Waals surface area (Å²) in [5.74, 6) is 3.24. The minimum atomic E-state index is 0.529. The van der Waals surface area contributed by atoms with Crippen LogP contribution in [-0.2, 0) is 0 Å². The first kappa shape index (κ1) is 30.8. The highest BCUT2D eigenvalue weighted by Gasteiger charge is 2.16. The molecule has 0 saturated carbocycles. The van der Waals surface area contributed by atoms with Gasteiger partial charge in [-0.25, -0.2) is 29.9 Å². The van der Waals surface area contributed by atoms with E-state index in [0.717, 1.165) is 77.5 Å². The molecule has 9 heteroatoms. The monoisotopic (exact) mass is 710 g/mol. The summed E-state index contributed by atoms with van der Waals surface area (Å²) >= 11 is 0. The van der Waals surface area contributed by atoms with Crippen molar-refractivity contribution in [3.8, 4) is 68.5 Å². The van der Waals surface area contributed by atoms with Crippen LogP contribution in [0.1, 0.15) is 0 Å². The van der Waals surface area contributed by atoms with Crippen LogP contribution in [0.3, 0.4) is 0 Å². The zero-order valence-corrected chi connectivity index (χ0v) is 28.9. The second-order valence-corrected chi connectivity index (χ2v) is 13.2. The van der Waals surface area contributed by atoms with Crippen molar-refractivity contribution in [2.45, 2.75) is 0 Å². The Morgan fingerprint density at radius 2 is 0.618 bits per heavy atom. The second-order valence-electron chi connectivity index (χ2n) is 13.2. The molecular weight excluding hydrogens is 685 g/mol. The summed E-state index contributed by atoms with van der Waals surface area (Å²) in [5, 5.41) is 2.23. The minimum Gasteiger partial charge on any atom is -0.436 e. The molecule has 11 rings (SSSR count). The molecule has 55 heavy (non-hydrogen) atoms. The summed E-state index contributed by atoms with van der Waals surface area (Å²) in [6, 6.07) is 51.4. The summed E-state index contributed by atoms with van der Waals surface area (Å²) in [4.78, 5) is 29.0. The molecule has 0 N–H and O–H groups in total. The van der Waals surface area contributed by atoms with Crippen LogP contribution >= 0.6 is 0 Å². The maximum atomic E-state index is 6.20. The highest BCUT2D eigenvalue weighted by Crippen LogP contribution is 2.32. The van der Waals surface area contributed by atoms with Crippen LogP contribution in [0.2, 0.25) is 0 Å². The highest BCUT2D eigenvalue weighted by atomic mass is 16.4. The Balaban J connectivity index is 0.964. The number of para-hydroxylation sites is 4. The first-order valence-electron chi connectivity index (χ1n) is 17.8. The summed E-state index contributed by atoms with van der Waals surface area (Å²) < 4.78 is 18.2. The van der Waals surface area contributed by atoms with Gasteiger partial charge in [0.25, 0.3) is 0 Å². The first-order valence-corrected chi connectivity index (χ1v) is 17.8. The van der Waals surface area contributed by atoms with Crippen molar-refractivity contribution < 1.29 is 13.3 Å². The third-order valence-electron chi connectivity index (χ3n) is 9.65. The van der Waals surface area contributed by atoms with Gasteiger partial charge in [0.05, 0.1) is 0 Å². The number of aromatic nitrogens is 6. The maximum Gasteiger partial charge on any atom is 0.227 e. The molecule has 0 aliphatic rings. The van der Waals surface area contributed by atoms with E-state index < -0.39 is 0 Å². The minimum absolute atomic E-state index is 0.529. The van der Waals surface area contributed by atoms with Crippen molar-refractivity contribution in [2.75, 3.05) is 0 Å². The molecule has 0 amide bonds. The number of nitrogens with zero attached hydrogens (tertiary/aromatic N) is 6.